The van der Waals surface area contributed by atoms with Crippen molar-refractivity contribution in [1.29, 1.82) is 0 Å². The summed E-state index contributed by atoms with van der Waals surface area (Å²) in [5.74, 6) is -1.16. The van der Waals surface area contributed by atoms with Crippen LogP contribution in [0.15, 0.2) is 24.5 Å². The average molecular weight is 245 g/mol. The summed E-state index contributed by atoms with van der Waals surface area (Å²) in [4.78, 5) is 18.9. The number of carboxylic acid groups (broad SMARTS) is 1. The Morgan fingerprint density at radius 1 is 1.44 bits per heavy atom. The van der Waals surface area contributed by atoms with Gasteiger partial charge in [-0.2, -0.15) is 0 Å². The zero-order chi connectivity index (χ0) is 12.5. The molecule has 94 valence electrons. The number of aliphatic carboxylic acids is 1. The summed E-state index contributed by atoms with van der Waals surface area (Å²) < 4.78 is 0. The normalized spacial score (nSPS) is 24.2. The maximum absolute atomic E-state index is 11.3. The largest absolute Gasteiger partial charge is 0.481 e. The third-order valence-electron chi connectivity index (χ3n) is 3.66. The first-order valence-electron chi connectivity index (χ1n) is 6.13. The van der Waals surface area contributed by atoms with Crippen molar-refractivity contribution in [2.24, 2.45) is 5.92 Å². The molecule has 3 rings (SSSR count). The lowest BCUT2D eigenvalue weighted by Gasteiger charge is -2.29. The maximum Gasteiger partial charge on any atom is 0.308 e. The molecular formula is C13H15N3O2. The van der Waals surface area contributed by atoms with Crippen LogP contribution in [0, 0.1) is 5.92 Å². The number of fused-ring (bicyclic) bond motifs is 1. The number of piperidine rings is 1. The molecule has 3 heterocycles. The highest BCUT2D eigenvalue weighted by Gasteiger charge is 2.33. The lowest BCUT2D eigenvalue weighted by Crippen LogP contribution is -2.40. The van der Waals surface area contributed by atoms with Crippen molar-refractivity contribution >= 4 is 16.9 Å². The monoisotopic (exact) mass is 245 g/mol. The van der Waals surface area contributed by atoms with Gasteiger partial charge >= 0.3 is 5.97 Å². The molecule has 5 nitrogen and oxygen atoms in total. The number of nitrogens with one attached hydrogen (secondary N) is 2. The second kappa shape index (κ2) is 4.42. The molecule has 0 aliphatic carbocycles. The Morgan fingerprint density at radius 2 is 2.33 bits per heavy atom. The van der Waals surface area contributed by atoms with E-state index in [1.807, 2.05) is 18.3 Å². The summed E-state index contributed by atoms with van der Waals surface area (Å²) in [6.07, 6.45) is 4.43. The Morgan fingerprint density at radius 3 is 3.17 bits per heavy atom. The predicted octanol–water partition coefficient (Wildman–Crippen LogP) is 1.34. The Balaban J connectivity index is 2.06. The van der Waals surface area contributed by atoms with Crippen molar-refractivity contribution < 1.29 is 9.90 Å². The van der Waals surface area contributed by atoms with E-state index in [0.717, 1.165) is 29.6 Å². The van der Waals surface area contributed by atoms with Gasteiger partial charge in [-0.05, 0) is 25.1 Å². The van der Waals surface area contributed by atoms with Gasteiger partial charge in [-0.3, -0.25) is 9.78 Å². The Hall–Kier alpha value is -1.88. The zero-order valence-corrected chi connectivity index (χ0v) is 9.89. The molecule has 1 saturated heterocycles. The molecule has 5 heteroatoms. The molecule has 2 unspecified atom stereocenters. The van der Waals surface area contributed by atoms with Gasteiger partial charge in [-0.1, -0.05) is 0 Å². The van der Waals surface area contributed by atoms with Crippen LogP contribution < -0.4 is 5.32 Å². The fourth-order valence-electron chi connectivity index (χ4n) is 2.75. The number of pyridine rings is 1. The van der Waals surface area contributed by atoms with E-state index >= 15 is 0 Å². The molecule has 0 amide bonds. The van der Waals surface area contributed by atoms with Crippen LogP contribution in [0.2, 0.25) is 0 Å². The van der Waals surface area contributed by atoms with E-state index in [9.17, 15) is 9.90 Å². The molecule has 2 aromatic heterocycles. The summed E-state index contributed by atoms with van der Waals surface area (Å²) in [5, 5.41) is 13.5. The fourth-order valence-corrected chi connectivity index (χ4v) is 2.75. The number of carbonyl (C=O) groups is 1. The summed E-state index contributed by atoms with van der Waals surface area (Å²) >= 11 is 0. The van der Waals surface area contributed by atoms with Gasteiger partial charge in [0.25, 0.3) is 0 Å². The van der Waals surface area contributed by atoms with Crippen molar-refractivity contribution in [1.82, 2.24) is 15.3 Å². The highest BCUT2D eigenvalue weighted by molar-refractivity contribution is 5.83. The highest BCUT2D eigenvalue weighted by Crippen LogP contribution is 2.33. The van der Waals surface area contributed by atoms with E-state index in [4.69, 9.17) is 0 Å². The quantitative estimate of drug-likeness (QED) is 0.746. The third-order valence-corrected chi connectivity index (χ3v) is 3.66. The molecular weight excluding hydrogens is 230 g/mol. The number of aromatic nitrogens is 2. The molecule has 0 aromatic carbocycles. The lowest BCUT2D eigenvalue weighted by molar-refractivity contribution is -0.143. The first kappa shape index (κ1) is 11.2. The molecule has 1 aliphatic rings. The molecule has 0 radical (unpaired) electrons. The van der Waals surface area contributed by atoms with Gasteiger partial charge in [0.05, 0.1) is 11.6 Å². The smallest absolute Gasteiger partial charge is 0.308 e. The van der Waals surface area contributed by atoms with Gasteiger partial charge < -0.3 is 15.4 Å². The molecule has 1 fully saturated rings. The number of H-pyrrole nitrogens is 1. The number of aromatic amines is 1. The molecule has 0 bridgehead atoms. The Bertz CT molecular complexity index is 578. The zero-order valence-electron chi connectivity index (χ0n) is 9.89. The van der Waals surface area contributed by atoms with Gasteiger partial charge in [0.1, 0.15) is 0 Å². The van der Waals surface area contributed by atoms with Crippen molar-refractivity contribution in [3.63, 3.8) is 0 Å². The predicted molar refractivity (Wildman–Crippen MR) is 67.4 cm³/mol. The molecule has 2 aromatic rings. The van der Waals surface area contributed by atoms with E-state index in [-0.39, 0.29) is 5.92 Å². The van der Waals surface area contributed by atoms with Crippen LogP contribution in [0.1, 0.15) is 18.0 Å². The minimum atomic E-state index is -0.749. The van der Waals surface area contributed by atoms with Crippen LogP contribution in [-0.4, -0.2) is 34.1 Å². The van der Waals surface area contributed by atoms with Crippen molar-refractivity contribution in [3.8, 4) is 0 Å². The van der Waals surface area contributed by atoms with Crippen LogP contribution in [0.5, 0.6) is 0 Å². The van der Waals surface area contributed by atoms with E-state index in [0.29, 0.717) is 6.54 Å². The average Bonchev–Trinajstić information content (AvgIpc) is 2.86. The number of hydrogen-bond acceptors (Lipinski definition) is 3. The van der Waals surface area contributed by atoms with Gasteiger partial charge in [0.15, 0.2) is 0 Å². The number of hydrogen-bond donors (Lipinski definition) is 3. The maximum atomic E-state index is 11.3. The molecule has 1 aliphatic heterocycles. The summed E-state index contributed by atoms with van der Waals surface area (Å²) in [6.45, 7) is 1.36. The second-order valence-electron chi connectivity index (χ2n) is 4.68. The third kappa shape index (κ3) is 1.76. The van der Waals surface area contributed by atoms with Crippen LogP contribution in [0.4, 0.5) is 0 Å². The lowest BCUT2D eigenvalue weighted by atomic mass is 9.82. The van der Waals surface area contributed by atoms with E-state index in [1.165, 1.54) is 0 Å². The van der Waals surface area contributed by atoms with Crippen LogP contribution >= 0.6 is 0 Å². The van der Waals surface area contributed by atoms with Gasteiger partial charge in [0, 0.05) is 35.8 Å². The van der Waals surface area contributed by atoms with Crippen molar-refractivity contribution in [2.75, 3.05) is 13.1 Å². The molecule has 18 heavy (non-hydrogen) atoms. The van der Waals surface area contributed by atoms with E-state index < -0.39 is 11.9 Å². The van der Waals surface area contributed by atoms with E-state index in [1.54, 1.807) is 6.20 Å². The molecule has 2 atom stereocenters. The first-order valence-corrected chi connectivity index (χ1v) is 6.13. The topological polar surface area (TPSA) is 78.0 Å². The minimum absolute atomic E-state index is 0.0109. The Labute approximate surface area is 104 Å². The van der Waals surface area contributed by atoms with Gasteiger partial charge in [0.2, 0.25) is 0 Å². The minimum Gasteiger partial charge on any atom is -0.481 e. The van der Waals surface area contributed by atoms with Crippen LogP contribution in [-0.2, 0) is 4.79 Å². The van der Waals surface area contributed by atoms with Gasteiger partial charge in [-0.25, -0.2) is 0 Å². The van der Waals surface area contributed by atoms with E-state index in [2.05, 4.69) is 15.3 Å². The fraction of sp³-hybridized carbons (Fsp3) is 0.385. The summed E-state index contributed by atoms with van der Waals surface area (Å²) in [5.41, 5.74) is 1.92. The molecule has 0 saturated carbocycles. The number of rotatable bonds is 2. The molecule has 0 spiro atoms. The number of nitrogens with zero attached hydrogens (tertiary/aromatic N) is 1. The molecule has 3 N–H and O–H groups in total. The summed E-state index contributed by atoms with van der Waals surface area (Å²) in [6, 6.07) is 3.88. The standard InChI is InChI=1S/C13H15N3O2/c17-13(18)10-7-14-4-1-8(10)12-9-2-5-15-11(9)3-6-16-12/h2-3,5-6,8,10,14-15H,1,4,7H2,(H,17,18). The van der Waals surface area contributed by atoms with Crippen molar-refractivity contribution in [3.05, 3.63) is 30.2 Å². The van der Waals surface area contributed by atoms with Gasteiger partial charge in [-0.15, -0.1) is 0 Å². The van der Waals surface area contributed by atoms with Crippen LogP contribution in [0.3, 0.4) is 0 Å². The van der Waals surface area contributed by atoms with Crippen molar-refractivity contribution in [2.45, 2.75) is 12.3 Å². The first-order chi connectivity index (χ1) is 8.77. The van der Waals surface area contributed by atoms with Crippen LogP contribution in [0.25, 0.3) is 10.9 Å². The summed E-state index contributed by atoms with van der Waals surface area (Å²) in [7, 11) is 0. The Kier molecular flexibility index (Phi) is 2.76. The second-order valence-corrected chi connectivity index (χ2v) is 4.68. The number of carboxylic acids is 1. The highest BCUT2D eigenvalue weighted by atomic mass is 16.4. The SMILES string of the molecule is O=C(O)C1CNCCC1c1nccc2[nH]ccc12.